The van der Waals surface area contributed by atoms with E-state index >= 15 is 0 Å². The van der Waals surface area contributed by atoms with Crippen LogP contribution in [0.15, 0.2) is 0 Å². The van der Waals surface area contributed by atoms with Crippen molar-refractivity contribution in [3.05, 3.63) is 0 Å². The molecule has 1 N–H and O–H groups in total. The summed E-state index contributed by atoms with van der Waals surface area (Å²) in [5, 5.41) is 8.55. The molecule has 60 valence electrons. The Morgan fingerprint density at radius 2 is 2.10 bits per heavy atom. The Bertz CT molecular complexity index is 109. The smallest absolute Gasteiger partial charge is 0.333 e. The zero-order chi connectivity index (χ0) is 8.15. The third-order valence-electron chi connectivity index (χ3n) is 1.20. The first-order chi connectivity index (χ1) is 4.59. The van der Waals surface area contributed by atoms with Crippen LogP contribution in [0.25, 0.3) is 0 Å². The zero-order valence-electron chi connectivity index (χ0n) is 6.63. The monoisotopic (exact) mass is 146 g/mol. The van der Waals surface area contributed by atoms with Gasteiger partial charge in [0.1, 0.15) is 0 Å². The summed E-state index contributed by atoms with van der Waals surface area (Å²) < 4.78 is 4.97. The lowest BCUT2D eigenvalue weighted by Gasteiger charge is -2.15. The van der Waals surface area contributed by atoms with Crippen LogP contribution < -0.4 is 0 Å². The second kappa shape index (κ2) is 4.28. The molecule has 0 aromatic carbocycles. The minimum atomic E-state index is -0.878. The summed E-state index contributed by atoms with van der Waals surface area (Å²) in [6, 6.07) is 0. The molecule has 0 rings (SSSR count). The summed E-state index contributed by atoms with van der Waals surface area (Å²) in [4.78, 5) is 10.4. The maximum Gasteiger partial charge on any atom is 0.333 e. The van der Waals surface area contributed by atoms with Crippen molar-refractivity contribution in [1.29, 1.82) is 0 Å². The summed E-state index contributed by atoms with van der Waals surface area (Å²) >= 11 is 0. The second-order valence-electron chi connectivity index (χ2n) is 2.46. The molecular formula is C7H14O3. The van der Waals surface area contributed by atoms with E-state index in [0.717, 1.165) is 0 Å². The van der Waals surface area contributed by atoms with Crippen LogP contribution in [-0.4, -0.2) is 23.8 Å². The van der Waals surface area contributed by atoms with Gasteiger partial charge in [0.25, 0.3) is 0 Å². The zero-order valence-corrected chi connectivity index (χ0v) is 6.63. The van der Waals surface area contributed by atoms with E-state index < -0.39 is 12.1 Å². The fourth-order valence-corrected chi connectivity index (χ4v) is 0.728. The largest absolute Gasteiger partial charge is 0.479 e. The predicted octanol–water partition coefficient (Wildman–Crippen LogP) is 1.13. The quantitative estimate of drug-likeness (QED) is 0.646. The fraction of sp³-hybridized carbons (Fsp3) is 0.857. The van der Waals surface area contributed by atoms with Crippen LogP contribution in [0.2, 0.25) is 0 Å². The van der Waals surface area contributed by atoms with Gasteiger partial charge in [0.2, 0.25) is 0 Å². The van der Waals surface area contributed by atoms with Gasteiger partial charge < -0.3 is 9.84 Å². The Kier molecular flexibility index (Phi) is 4.03. The molecule has 0 aromatic rings. The second-order valence-corrected chi connectivity index (χ2v) is 2.46. The van der Waals surface area contributed by atoms with Gasteiger partial charge in [-0.3, -0.25) is 0 Å². The Labute approximate surface area is 61.0 Å². The number of rotatable bonds is 4. The average molecular weight is 146 g/mol. The number of aliphatic carboxylic acids is 1. The molecule has 0 aliphatic heterocycles. The van der Waals surface area contributed by atoms with Crippen molar-refractivity contribution in [3.63, 3.8) is 0 Å². The van der Waals surface area contributed by atoms with Crippen LogP contribution in [0.4, 0.5) is 0 Å². The molecule has 0 spiro atoms. The number of ether oxygens (including phenoxy) is 1. The molecule has 0 unspecified atom stereocenters. The molecule has 0 saturated heterocycles. The highest BCUT2D eigenvalue weighted by Crippen LogP contribution is 2.05. The van der Waals surface area contributed by atoms with Crippen molar-refractivity contribution < 1.29 is 14.6 Å². The normalized spacial score (nSPS) is 13.6. The summed E-state index contributed by atoms with van der Waals surface area (Å²) in [5.74, 6) is -0.839. The van der Waals surface area contributed by atoms with Crippen LogP contribution in [0, 0.1) is 5.92 Å². The van der Waals surface area contributed by atoms with Crippen LogP contribution >= 0.6 is 0 Å². The Hall–Kier alpha value is -0.570. The number of carboxylic acids is 1. The molecular weight excluding hydrogens is 132 g/mol. The first-order valence-corrected chi connectivity index (χ1v) is 3.44. The van der Waals surface area contributed by atoms with Crippen LogP contribution in [0.1, 0.15) is 20.8 Å². The van der Waals surface area contributed by atoms with E-state index in [9.17, 15) is 4.79 Å². The van der Waals surface area contributed by atoms with Crippen molar-refractivity contribution in [1.82, 2.24) is 0 Å². The van der Waals surface area contributed by atoms with E-state index in [0.29, 0.717) is 6.61 Å². The highest BCUT2D eigenvalue weighted by molar-refractivity contribution is 5.72. The lowest BCUT2D eigenvalue weighted by molar-refractivity contribution is -0.153. The van der Waals surface area contributed by atoms with Gasteiger partial charge >= 0.3 is 5.97 Å². The SMILES string of the molecule is CCO[C@H](C(=O)O)C(C)C. The molecule has 10 heavy (non-hydrogen) atoms. The molecule has 1 atom stereocenters. The fourth-order valence-electron chi connectivity index (χ4n) is 0.728. The van der Waals surface area contributed by atoms with Gasteiger partial charge in [0.05, 0.1) is 0 Å². The van der Waals surface area contributed by atoms with E-state index in [-0.39, 0.29) is 5.92 Å². The van der Waals surface area contributed by atoms with E-state index in [4.69, 9.17) is 9.84 Å². The highest BCUT2D eigenvalue weighted by atomic mass is 16.5. The average Bonchev–Trinajstić information content (AvgIpc) is 1.81. The molecule has 3 nitrogen and oxygen atoms in total. The maximum atomic E-state index is 10.4. The predicted molar refractivity (Wildman–Crippen MR) is 37.9 cm³/mol. The van der Waals surface area contributed by atoms with Crippen LogP contribution in [0.3, 0.4) is 0 Å². The van der Waals surface area contributed by atoms with Gasteiger partial charge in [-0.1, -0.05) is 13.8 Å². The van der Waals surface area contributed by atoms with Gasteiger partial charge in [0.15, 0.2) is 6.10 Å². The minimum Gasteiger partial charge on any atom is -0.479 e. The topological polar surface area (TPSA) is 46.5 Å². The van der Waals surface area contributed by atoms with Gasteiger partial charge in [-0.25, -0.2) is 4.79 Å². The van der Waals surface area contributed by atoms with E-state index in [1.165, 1.54) is 0 Å². The lowest BCUT2D eigenvalue weighted by atomic mass is 10.1. The van der Waals surface area contributed by atoms with Gasteiger partial charge in [0, 0.05) is 6.61 Å². The van der Waals surface area contributed by atoms with Gasteiger partial charge in [-0.05, 0) is 12.8 Å². The molecule has 0 aliphatic carbocycles. The number of hydrogen-bond donors (Lipinski definition) is 1. The third-order valence-corrected chi connectivity index (χ3v) is 1.20. The van der Waals surface area contributed by atoms with E-state index in [1.54, 1.807) is 6.92 Å². The molecule has 0 radical (unpaired) electrons. The Morgan fingerprint density at radius 1 is 1.60 bits per heavy atom. The van der Waals surface area contributed by atoms with Crippen LogP contribution in [-0.2, 0) is 9.53 Å². The van der Waals surface area contributed by atoms with Gasteiger partial charge in [-0.2, -0.15) is 0 Å². The molecule has 0 heterocycles. The number of carbonyl (C=O) groups is 1. The summed E-state index contributed by atoms with van der Waals surface area (Å²) in [7, 11) is 0. The minimum absolute atomic E-state index is 0.0393. The first-order valence-electron chi connectivity index (χ1n) is 3.44. The summed E-state index contributed by atoms with van der Waals surface area (Å²) in [6.07, 6.45) is -0.648. The molecule has 0 fully saturated rings. The van der Waals surface area contributed by atoms with Gasteiger partial charge in [-0.15, -0.1) is 0 Å². The van der Waals surface area contributed by atoms with Crippen molar-refractivity contribution in [3.8, 4) is 0 Å². The van der Waals surface area contributed by atoms with E-state index in [2.05, 4.69) is 0 Å². The van der Waals surface area contributed by atoms with Crippen LogP contribution in [0.5, 0.6) is 0 Å². The molecule has 0 aromatic heterocycles. The Morgan fingerprint density at radius 3 is 2.20 bits per heavy atom. The molecule has 0 aliphatic rings. The summed E-state index contributed by atoms with van der Waals surface area (Å²) in [5.41, 5.74) is 0. The van der Waals surface area contributed by atoms with Crippen molar-refractivity contribution in [2.75, 3.05) is 6.61 Å². The highest BCUT2D eigenvalue weighted by Gasteiger charge is 2.20. The summed E-state index contributed by atoms with van der Waals surface area (Å²) in [6.45, 7) is 5.90. The standard InChI is InChI=1S/C7H14O3/c1-4-10-6(5(2)3)7(8)9/h5-6H,4H2,1-3H3,(H,8,9)/t6-/m0/s1. The van der Waals surface area contributed by atoms with E-state index in [1.807, 2.05) is 13.8 Å². The van der Waals surface area contributed by atoms with Crippen molar-refractivity contribution >= 4 is 5.97 Å². The Balaban J connectivity index is 3.85. The third kappa shape index (κ3) is 2.82. The number of hydrogen-bond acceptors (Lipinski definition) is 2. The van der Waals surface area contributed by atoms with Crippen molar-refractivity contribution in [2.24, 2.45) is 5.92 Å². The maximum absolute atomic E-state index is 10.4. The first kappa shape index (κ1) is 9.43. The molecule has 0 saturated carbocycles. The molecule has 3 heteroatoms. The van der Waals surface area contributed by atoms with Crippen molar-refractivity contribution in [2.45, 2.75) is 26.9 Å². The lowest BCUT2D eigenvalue weighted by Crippen LogP contribution is -2.29. The molecule has 0 bridgehead atoms. The number of carboxylic acid groups (broad SMARTS) is 1. The molecule has 0 amide bonds.